The third-order valence-electron chi connectivity index (χ3n) is 3.88. The Morgan fingerprint density at radius 1 is 1.22 bits per heavy atom. The number of halogens is 4. The highest BCUT2D eigenvalue weighted by molar-refractivity contribution is 14.0. The van der Waals surface area contributed by atoms with Crippen molar-refractivity contribution in [3.63, 3.8) is 0 Å². The molecular weight excluding hydrogens is 420 g/mol. The van der Waals surface area contributed by atoms with E-state index in [4.69, 9.17) is 0 Å². The number of rotatable bonds is 8. The molecule has 1 rings (SSSR count). The van der Waals surface area contributed by atoms with E-state index in [0.717, 1.165) is 25.3 Å². The van der Waals surface area contributed by atoms with Gasteiger partial charge in [-0.15, -0.1) is 24.0 Å². The van der Waals surface area contributed by atoms with Crippen LogP contribution in [0.3, 0.4) is 0 Å². The van der Waals surface area contributed by atoms with Crippen molar-refractivity contribution in [1.29, 1.82) is 0 Å². The zero-order valence-electron chi connectivity index (χ0n) is 14.1. The number of unbranched alkanes of at least 4 members (excludes halogenated alkanes) is 3. The van der Waals surface area contributed by atoms with Gasteiger partial charge in [-0.1, -0.05) is 26.2 Å². The molecule has 4 nitrogen and oxygen atoms in total. The second-order valence-electron chi connectivity index (χ2n) is 5.95. The van der Waals surface area contributed by atoms with Gasteiger partial charge in [0.15, 0.2) is 5.96 Å². The largest absolute Gasteiger partial charge is 0.401 e. The van der Waals surface area contributed by atoms with E-state index in [1.165, 1.54) is 24.2 Å². The standard InChI is InChI=1S/C15H29F3N4.HI/c1-3-4-5-6-8-20-14(19-2)21-10-13-7-9-22(11-13)12-15(16,17)18;/h13H,3-12H2,1-2H3,(H2,19,20,21);1H. The van der Waals surface area contributed by atoms with Gasteiger partial charge in [-0.25, -0.2) is 0 Å². The second kappa shape index (κ2) is 12.2. The zero-order valence-corrected chi connectivity index (χ0v) is 16.4. The summed E-state index contributed by atoms with van der Waals surface area (Å²) in [7, 11) is 1.71. The smallest absolute Gasteiger partial charge is 0.356 e. The lowest BCUT2D eigenvalue weighted by atomic mass is 10.1. The van der Waals surface area contributed by atoms with Crippen LogP contribution in [-0.2, 0) is 0 Å². The van der Waals surface area contributed by atoms with Gasteiger partial charge in [0.05, 0.1) is 6.54 Å². The summed E-state index contributed by atoms with van der Waals surface area (Å²) < 4.78 is 37.0. The van der Waals surface area contributed by atoms with Gasteiger partial charge >= 0.3 is 6.18 Å². The van der Waals surface area contributed by atoms with Crippen LogP contribution in [0.1, 0.15) is 39.0 Å². The van der Waals surface area contributed by atoms with Crippen molar-refractivity contribution in [2.24, 2.45) is 10.9 Å². The molecule has 1 atom stereocenters. The summed E-state index contributed by atoms with van der Waals surface area (Å²) in [6.07, 6.45) is 1.47. The molecular formula is C15H30F3IN4. The second-order valence-corrected chi connectivity index (χ2v) is 5.95. The molecule has 138 valence electrons. The molecule has 0 aromatic rings. The fourth-order valence-corrected chi connectivity index (χ4v) is 2.70. The number of alkyl halides is 3. The first-order chi connectivity index (χ1) is 10.4. The molecule has 0 amide bonds. The summed E-state index contributed by atoms with van der Waals surface area (Å²) in [5, 5.41) is 6.46. The van der Waals surface area contributed by atoms with Crippen molar-refractivity contribution in [3.8, 4) is 0 Å². The van der Waals surface area contributed by atoms with E-state index in [0.29, 0.717) is 19.6 Å². The summed E-state index contributed by atoms with van der Waals surface area (Å²) in [5.74, 6) is 0.992. The molecule has 1 unspecified atom stereocenters. The van der Waals surface area contributed by atoms with Crippen molar-refractivity contribution < 1.29 is 13.2 Å². The fourth-order valence-electron chi connectivity index (χ4n) is 2.70. The van der Waals surface area contributed by atoms with E-state index in [9.17, 15) is 13.2 Å². The van der Waals surface area contributed by atoms with Crippen LogP contribution in [0.15, 0.2) is 4.99 Å². The van der Waals surface area contributed by atoms with Crippen LogP contribution in [-0.4, -0.2) is 56.8 Å². The molecule has 1 fully saturated rings. The van der Waals surface area contributed by atoms with E-state index < -0.39 is 12.7 Å². The third-order valence-corrected chi connectivity index (χ3v) is 3.88. The Labute approximate surface area is 154 Å². The maximum atomic E-state index is 12.3. The van der Waals surface area contributed by atoms with Gasteiger partial charge in [0.1, 0.15) is 0 Å². The van der Waals surface area contributed by atoms with Crippen LogP contribution in [0.25, 0.3) is 0 Å². The molecule has 0 aliphatic carbocycles. The quantitative estimate of drug-likeness (QED) is 0.258. The van der Waals surface area contributed by atoms with Crippen molar-refractivity contribution in [3.05, 3.63) is 0 Å². The van der Waals surface area contributed by atoms with E-state index in [1.54, 1.807) is 7.05 Å². The van der Waals surface area contributed by atoms with Gasteiger partial charge in [-0.05, 0) is 25.3 Å². The average molecular weight is 450 g/mol. The minimum atomic E-state index is -4.10. The topological polar surface area (TPSA) is 39.7 Å². The molecule has 23 heavy (non-hydrogen) atoms. The van der Waals surface area contributed by atoms with Gasteiger partial charge in [0.25, 0.3) is 0 Å². The molecule has 0 aromatic carbocycles. The fraction of sp³-hybridized carbons (Fsp3) is 0.933. The van der Waals surface area contributed by atoms with Crippen LogP contribution >= 0.6 is 24.0 Å². The Hall–Kier alpha value is -0.250. The SMILES string of the molecule is CCCCCCNC(=NC)NCC1CCN(CC(F)(F)F)C1.I. The normalized spacial score (nSPS) is 19.5. The Kier molecular flexibility index (Phi) is 12.0. The highest BCUT2D eigenvalue weighted by Crippen LogP contribution is 2.22. The number of hydrogen-bond donors (Lipinski definition) is 2. The number of nitrogens with zero attached hydrogens (tertiary/aromatic N) is 2. The number of guanidine groups is 1. The molecule has 0 aromatic heterocycles. The first-order valence-electron chi connectivity index (χ1n) is 8.18. The first-order valence-corrected chi connectivity index (χ1v) is 8.18. The molecule has 1 heterocycles. The van der Waals surface area contributed by atoms with Crippen LogP contribution in [0, 0.1) is 5.92 Å². The molecule has 1 aliphatic rings. The summed E-state index contributed by atoms with van der Waals surface area (Å²) in [6, 6.07) is 0. The highest BCUT2D eigenvalue weighted by atomic mass is 127. The minimum Gasteiger partial charge on any atom is -0.356 e. The Balaban J connectivity index is 0.00000484. The lowest BCUT2D eigenvalue weighted by Gasteiger charge is -2.18. The number of aliphatic imine (C=N–C) groups is 1. The van der Waals surface area contributed by atoms with Crippen molar-refractivity contribution in [2.75, 3.05) is 39.8 Å². The van der Waals surface area contributed by atoms with Gasteiger partial charge in [0, 0.05) is 26.7 Å². The predicted molar refractivity (Wildman–Crippen MR) is 99.5 cm³/mol. The average Bonchev–Trinajstić information content (AvgIpc) is 2.87. The summed E-state index contributed by atoms with van der Waals surface area (Å²) in [5.41, 5.74) is 0. The molecule has 1 aliphatic heterocycles. The van der Waals surface area contributed by atoms with Gasteiger partial charge in [0.2, 0.25) is 0 Å². The van der Waals surface area contributed by atoms with Crippen molar-refractivity contribution >= 4 is 29.9 Å². The summed E-state index contributed by atoms with van der Waals surface area (Å²) in [6.45, 7) is 3.95. The minimum absolute atomic E-state index is 0. The Bertz CT molecular complexity index is 337. The molecule has 0 radical (unpaired) electrons. The number of nitrogens with one attached hydrogen (secondary N) is 2. The Morgan fingerprint density at radius 2 is 1.96 bits per heavy atom. The molecule has 2 N–H and O–H groups in total. The maximum Gasteiger partial charge on any atom is 0.401 e. The lowest BCUT2D eigenvalue weighted by Crippen LogP contribution is -2.41. The van der Waals surface area contributed by atoms with Crippen LogP contribution < -0.4 is 10.6 Å². The van der Waals surface area contributed by atoms with Gasteiger partial charge in [-0.3, -0.25) is 9.89 Å². The van der Waals surface area contributed by atoms with Crippen molar-refractivity contribution in [2.45, 2.75) is 45.2 Å². The predicted octanol–water partition coefficient (Wildman–Crippen LogP) is 3.23. The zero-order chi connectivity index (χ0) is 16.4. The van der Waals surface area contributed by atoms with E-state index in [2.05, 4.69) is 22.5 Å². The Morgan fingerprint density at radius 3 is 2.57 bits per heavy atom. The van der Waals surface area contributed by atoms with Crippen molar-refractivity contribution in [1.82, 2.24) is 15.5 Å². The number of hydrogen-bond acceptors (Lipinski definition) is 2. The van der Waals surface area contributed by atoms with E-state index >= 15 is 0 Å². The summed E-state index contributed by atoms with van der Waals surface area (Å²) in [4.78, 5) is 5.63. The van der Waals surface area contributed by atoms with Gasteiger partial charge in [-0.2, -0.15) is 13.2 Å². The van der Waals surface area contributed by atoms with E-state index in [1.807, 2.05) is 0 Å². The third kappa shape index (κ3) is 11.0. The molecule has 0 spiro atoms. The molecule has 1 saturated heterocycles. The van der Waals surface area contributed by atoms with E-state index in [-0.39, 0.29) is 29.9 Å². The first kappa shape index (κ1) is 22.8. The monoisotopic (exact) mass is 450 g/mol. The molecule has 8 heteroatoms. The van der Waals surface area contributed by atoms with Gasteiger partial charge < -0.3 is 10.6 Å². The summed E-state index contributed by atoms with van der Waals surface area (Å²) >= 11 is 0. The molecule has 0 bridgehead atoms. The highest BCUT2D eigenvalue weighted by Gasteiger charge is 2.34. The maximum absolute atomic E-state index is 12.3. The van der Waals surface area contributed by atoms with Crippen LogP contribution in [0.5, 0.6) is 0 Å². The number of likely N-dealkylation sites (tertiary alicyclic amines) is 1. The lowest BCUT2D eigenvalue weighted by molar-refractivity contribution is -0.143. The van der Waals surface area contributed by atoms with Crippen LogP contribution in [0.2, 0.25) is 0 Å². The molecule has 0 saturated carbocycles. The van der Waals surface area contributed by atoms with Crippen LogP contribution in [0.4, 0.5) is 13.2 Å².